The monoisotopic (exact) mass is 450 g/mol. The Bertz CT molecular complexity index is 808. The van der Waals surface area contributed by atoms with E-state index in [1.807, 2.05) is 63.2 Å². The number of hydrogen-bond acceptors (Lipinski definition) is 5. The number of hydrogen-bond donors (Lipinski definition) is 2. The Hall–Kier alpha value is -1.63. The first-order valence-electron chi connectivity index (χ1n) is 11.0. The van der Waals surface area contributed by atoms with Crippen molar-refractivity contribution in [1.82, 2.24) is 0 Å². The summed E-state index contributed by atoms with van der Waals surface area (Å²) in [5, 5.41) is 21.0. The van der Waals surface area contributed by atoms with Gasteiger partial charge in [-0.15, -0.1) is 0 Å². The molecule has 5 nitrogen and oxygen atoms in total. The molecule has 0 aromatic heterocycles. The van der Waals surface area contributed by atoms with Crippen molar-refractivity contribution in [2.75, 3.05) is 13.7 Å². The number of benzene rings is 2. The summed E-state index contributed by atoms with van der Waals surface area (Å²) in [5.41, 5.74) is 2.81. The number of methoxy groups -OCH3 is 1. The number of aliphatic hydroxyl groups excluding tert-OH is 2. The Labute approximate surface area is 190 Å². The van der Waals surface area contributed by atoms with Crippen LogP contribution in [0.3, 0.4) is 0 Å². The van der Waals surface area contributed by atoms with Crippen molar-refractivity contribution < 1.29 is 24.4 Å². The smallest absolute Gasteiger partial charge is 0.197 e. The largest absolute Gasteiger partial charge is 0.494 e. The Morgan fingerprint density at radius 2 is 1.87 bits per heavy atom. The van der Waals surface area contributed by atoms with E-state index >= 15 is 0 Å². The molecule has 0 bridgehead atoms. The van der Waals surface area contributed by atoms with Crippen LogP contribution in [0.5, 0.6) is 5.75 Å². The van der Waals surface area contributed by atoms with Gasteiger partial charge < -0.3 is 24.4 Å². The Morgan fingerprint density at radius 1 is 1.19 bits per heavy atom. The van der Waals surface area contributed by atoms with Crippen molar-refractivity contribution in [2.24, 2.45) is 0 Å². The Kier molecular flexibility index (Phi) is 9.79. The molecular weight excluding hydrogens is 416 g/mol. The Morgan fingerprint density at radius 3 is 2.45 bits per heavy atom. The molecule has 4 atom stereocenters. The van der Waals surface area contributed by atoms with Crippen LogP contribution in [0.4, 0.5) is 0 Å². The highest BCUT2D eigenvalue weighted by molar-refractivity contribution is 6.31. The summed E-state index contributed by atoms with van der Waals surface area (Å²) in [5.74, 6) is -0.291. The molecule has 1 aliphatic rings. The molecule has 3 rings (SSSR count). The second kappa shape index (κ2) is 11.8. The van der Waals surface area contributed by atoms with Crippen LogP contribution in [-0.2, 0) is 21.7 Å². The van der Waals surface area contributed by atoms with Crippen molar-refractivity contribution in [2.45, 2.75) is 71.1 Å². The number of aliphatic hydroxyl groups is 2. The first kappa shape index (κ1) is 25.6. The molecule has 31 heavy (non-hydrogen) atoms. The quantitative estimate of drug-likeness (QED) is 0.616. The average Bonchev–Trinajstić information content (AvgIpc) is 2.77. The molecule has 1 heterocycles. The van der Waals surface area contributed by atoms with Crippen LogP contribution in [0.15, 0.2) is 42.5 Å². The predicted octanol–water partition coefficient (Wildman–Crippen LogP) is 5.08. The van der Waals surface area contributed by atoms with Crippen molar-refractivity contribution in [3.05, 3.63) is 64.2 Å². The molecule has 2 aromatic rings. The second-order valence-corrected chi connectivity index (χ2v) is 7.91. The molecular formula is C25H35ClO5. The molecule has 0 radical (unpaired) electrons. The van der Waals surface area contributed by atoms with E-state index in [2.05, 4.69) is 0 Å². The van der Waals surface area contributed by atoms with Gasteiger partial charge in [-0.1, -0.05) is 43.6 Å². The third kappa shape index (κ3) is 6.43. The highest BCUT2D eigenvalue weighted by atomic mass is 35.5. The van der Waals surface area contributed by atoms with Gasteiger partial charge in [0, 0.05) is 30.5 Å². The average molecular weight is 451 g/mol. The second-order valence-electron chi connectivity index (χ2n) is 7.51. The SMILES string of the molecule is CC.CCOc1ccc(Cc2cc([C@@]3(OC)CC(O)CC(C(C)O)O3)ccc2Cl)cc1. The normalized spacial score (nSPS) is 24.1. The van der Waals surface area contributed by atoms with Gasteiger partial charge in [0.25, 0.3) is 0 Å². The number of rotatable bonds is 7. The lowest BCUT2D eigenvalue weighted by atomic mass is 9.89. The van der Waals surface area contributed by atoms with Crippen molar-refractivity contribution in [3.8, 4) is 5.75 Å². The third-order valence-electron chi connectivity index (χ3n) is 5.33. The topological polar surface area (TPSA) is 68.2 Å². The van der Waals surface area contributed by atoms with Gasteiger partial charge in [-0.25, -0.2) is 0 Å². The molecule has 6 heteroatoms. The van der Waals surface area contributed by atoms with Crippen LogP contribution in [0.1, 0.15) is 57.2 Å². The van der Waals surface area contributed by atoms with Gasteiger partial charge in [-0.05, 0) is 55.7 Å². The lowest BCUT2D eigenvalue weighted by Gasteiger charge is -2.43. The minimum absolute atomic E-state index is 0.289. The van der Waals surface area contributed by atoms with Gasteiger partial charge >= 0.3 is 0 Å². The van der Waals surface area contributed by atoms with Crippen LogP contribution in [-0.4, -0.2) is 42.2 Å². The maximum Gasteiger partial charge on any atom is 0.197 e. The summed E-state index contributed by atoms with van der Waals surface area (Å²) in [6.07, 6.45) is -0.555. The molecule has 3 unspecified atom stereocenters. The van der Waals surface area contributed by atoms with E-state index in [1.54, 1.807) is 14.0 Å². The molecule has 1 saturated heterocycles. The number of halogens is 1. The molecule has 1 fully saturated rings. The molecule has 0 aliphatic carbocycles. The van der Waals surface area contributed by atoms with E-state index in [0.29, 0.717) is 24.5 Å². The van der Waals surface area contributed by atoms with Crippen molar-refractivity contribution in [3.63, 3.8) is 0 Å². The summed E-state index contributed by atoms with van der Waals surface area (Å²) in [4.78, 5) is 0. The predicted molar refractivity (Wildman–Crippen MR) is 124 cm³/mol. The van der Waals surface area contributed by atoms with Crippen LogP contribution in [0.25, 0.3) is 0 Å². The van der Waals surface area contributed by atoms with Gasteiger partial charge in [0.2, 0.25) is 0 Å². The fourth-order valence-corrected chi connectivity index (χ4v) is 3.95. The lowest BCUT2D eigenvalue weighted by molar-refractivity contribution is -0.306. The summed E-state index contributed by atoms with van der Waals surface area (Å²) in [6, 6.07) is 13.6. The van der Waals surface area contributed by atoms with Crippen LogP contribution in [0.2, 0.25) is 5.02 Å². The Balaban J connectivity index is 0.00000166. The molecule has 0 amide bonds. The van der Waals surface area contributed by atoms with Crippen LogP contribution in [0, 0.1) is 0 Å². The fraction of sp³-hybridized carbons (Fsp3) is 0.520. The minimum atomic E-state index is -1.13. The first-order valence-corrected chi connectivity index (χ1v) is 11.3. The maximum atomic E-state index is 10.4. The zero-order valence-corrected chi connectivity index (χ0v) is 19.9. The van der Waals surface area contributed by atoms with E-state index in [0.717, 1.165) is 22.4 Å². The van der Waals surface area contributed by atoms with E-state index in [1.165, 1.54) is 0 Å². The van der Waals surface area contributed by atoms with Crippen molar-refractivity contribution in [1.29, 1.82) is 0 Å². The van der Waals surface area contributed by atoms with Crippen LogP contribution >= 0.6 is 11.6 Å². The summed E-state index contributed by atoms with van der Waals surface area (Å²) >= 11 is 6.47. The van der Waals surface area contributed by atoms with E-state index in [9.17, 15) is 10.2 Å². The molecule has 0 saturated carbocycles. The molecule has 172 valence electrons. The minimum Gasteiger partial charge on any atom is -0.494 e. The maximum absolute atomic E-state index is 10.4. The van der Waals surface area contributed by atoms with Gasteiger partial charge in [0.1, 0.15) is 5.75 Å². The summed E-state index contributed by atoms with van der Waals surface area (Å²) in [6.45, 7) is 8.24. The number of ether oxygens (including phenoxy) is 3. The zero-order chi connectivity index (χ0) is 23.0. The standard InChI is InChI=1S/C23H29ClO5.C2H6/c1-4-28-20-8-5-16(6-9-20)11-17-12-18(7-10-21(17)24)23(27-3)14-19(26)13-22(29-23)15(2)25;1-2/h5-10,12,15,19,22,25-26H,4,11,13-14H2,1-3H3;1-2H3/t15?,19?,22?,23-;/m1./s1. The van der Waals surface area contributed by atoms with E-state index in [4.69, 9.17) is 25.8 Å². The summed E-state index contributed by atoms with van der Waals surface area (Å²) < 4.78 is 17.4. The first-order chi connectivity index (χ1) is 14.9. The highest BCUT2D eigenvalue weighted by Gasteiger charge is 2.44. The van der Waals surface area contributed by atoms with Gasteiger partial charge in [0.15, 0.2) is 5.79 Å². The molecule has 2 N–H and O–H groups in total. The van der Waals surface area contributed by atoms with Crippen LogP contribution < -0.4 is 4.74 Å². The third-order valence-corrected chi connectivity index (χ3v) is 5.70. The zero-order valence-electron chi connectivity index (χ0n) is 19.1. The van der Waals surface area contributed by atoms with Crippen molar-refractivity contribution >= 4 is 11.6 Å². The van der Waals surface area contributed by atoms with Gasteiger partial charge in [0.05, 0.1) is 24.9 Å². The fourth-order valence-electron chi connectivity index (χ4n) is 3.77. The van der Waals surface area contributed by atoms with E-state index in [-0.39, 0.29) is 6.42 Å². The molecule has 2 aromatic carbocycles. The lowest BCUT2D eigenvalue weighted by Crippen LogP contribution is -2.48. The molecule has 1 aliphatic heterocycles. The van der Waals surface area contributed by atoms with E-state index < -0.39 is 24.1 Å². The van der Waals surface area contributed by atoms with Gasteiger partial charge in [-0.3, -0.25) is 0 Å². The summed E-state index contributed by atoms with van der Waals surface area (Å²) in [7, 11) is 1.55. The van der Waals surface area contributed by atoms with Gasteiger partial charge in [-0.2, -0.15) is 0 Å². The highest BCUT2D eigenvalue weighted by Crippen LogP contribution is 2.40. The molecule has 0 spiro atoms.